The molecule has 18 aliphatic carbocycles. The standard InChI is InChI=1S/C21H32O2.C20H29N3O2.C20H35NO2.2C20H30O3.C20H28O3/c1-5-15-16-7-6-13(2)20(16,3)11-9-17(15)21(4)10-8-14-12-18(21)19(22)23-14;1-12-4-5-15-14(11-22-23-21)16(7-9-19(12,15)2)20(3)8-6-13-10-17(20)18(24)25-13;1-13-4-5-17-16(11-21)18(7-9-19(13,17)2)20(3)8-6-15(23)10-14(20)12-22;3*1-12-4-5-15-14(11-21)16(7-9-19(12,15)2)20(3)8-6-13-10-17(20)18(22)23-13/h14-18H,2,5-12H2,1,3-4H3;13-17H,1,4-11H2,2-3H3;14-18,22-23H,1,4-12,21H2,2-3H3;13-17,21H,1,4-11H2,2-3H3;11,13-18,22H,1,4-10H2,2-3H3;11,13-17H,1,4-10H2,2-3H3/t14-,15-,16-,17-,18+,20+,21+;13-,14-,15-,16-,17+,19+,20+;14-,15+,16+,17+,18+,19-,20+;13-,14-,15-,16-,17+,19+,20+;13-,14-,15-,16-,17+,18?,19+,20+;13-,14-,15-,16-,17+,19+,20+/m001000/s1. The zero-order valence-electron chi connectivity index (χ0n) is 88.7. The fourth-order valence-electron chi connectivity index (χ4n) is 40.4. The Bertz CT molecular complexity index is 4710. The fraction of sp³-hybridized carbons (Fsp3) is 0.851. The van der Waals surface area contributed by atoms with Gasteiger partial charge in [-0.15, -0.1) is 0 Å². The number of nitrogens with two attached hydrogens (primary N) is 1. The van der Waals surface area contributed by atoms with Crippen LogP contribution < -0.4 is 5.73 Å². The van der Waals surface area contributed by atoms with E-state index < -0.39 is 6.29 Å². The van der Waals surface area contributed by atoms with Gasteiger partial charge in [0.1, 0.15) is 37.0 Å². The van der Waals surface area contributed by atoms with E-state index in [2.05, 4.69) is 140 Å². The molecule has 1 unspecified atom stereocenters. The van der Waals surface area contributed by atoms with Crippen LogP contribution >= 0.6 is 0 Å². The molecule has 0 spiro atoms. The van der Waals surface area contributed by atoms with Crippen LogP contribution in [0.1, 0.15) is 366 Å². The number of allylic oxidation sites excluding steroid dienone is 6. The Morgan fingerprint density at radius 2 is 0.650 bits per heavy atom. The summed E-state index contributed by atoms with van der Waals surface area (Å²) in [5.74, 6) is 9.08. The maximum atomic E-state index is 12.5. The van der Waals surface area contributed by atoms with Crippen molar-refractivity contribution in [2.45, 2.75) is 409 Å². The van der Waals surface area contributed by atoms with Gasteiger partial charge in [0.2, 0.25) is 0 Å². The minimum Gasteiger partial charge on any atom is -0.462 e. The maximum Gasteiger partial charge on any atom is 0.309 e. The van der Waals surface area contributed by atoms with Gasteiger partial charge in [0.15, 0.2) is 6.29 Å². The number of carbonyl (C=O) groups excluding carboxylic acids is 6. The van der Waals surface area contributed by atoms with E-state index >= 15 is 0 Å². The minimum atomic E-state index is -0.633. The van der Waals surface area contributed by atoms with Crippen molar-refractivity contribution in [3.63, 3.8) is 0 Å². The Morgan fingerprint density at radius 3 is 1.01 bits per heavy atom. The van der Waals surface area contributed by atoms with Crippen molar-refractivity contribution in [2.75, 3.05) is 26.3 Å². The Labute approximate surface area is 840 Å². The summed E-state index contributed by atoms with van der Waals surface area (Å²) in [7, 11) is 0. The second kappa shape index (κ2) is 39.0. The summed E-state index contributed by atoms with van der Waals surface area (Å²) in [5.41, 5.74) is 25.1. The lowest BCUT2D eigenvalue weighted by atomic mass is 9.49. The summed E-state index contributed by atoms with van der Waals surface area (Å²) in [6.07, 6.45) is 49.0. The fourth-order valence-corrected chi connectivity index (χ4v) is 40.4. The quantitative estimate of drug-likeness (QED) is 0.0205. The molecule has 0 amide bonds. The van der Waals surface area contributed by atoms with Gasteiger partial charge in [0, 0.05) is 42.4 Å². The van der Waals surface area contributed by atoms with Gasteiger partial charge in [-0.25, -0.2) is 0 Å². The first-order valence-electron chi connectivity index (χ1n) is 57.1. The van der Waals surface area contributed by atoms with Gasteiger partial charge in [-0.2, -0.15) is 0 Å². The third kappa shape index (κ3) is 16.9. The minimum absolute atomic E-state index is 0.00246. The largest absolute Gasteiger partial charge is 0.462 e. The van der Waals surface area contributed by atoms with Crippen LogP contribution in [0.2, 0.25) is 0 Å². The van der Waals surface area contributed by atoms with Crippen molar-refractivity contribution in [1.82, 2.24) is 0 Å². The Kier molecular flexibility index (Phi) is 29.2. The number of esters is 4. The normalized spacial score (nSPS) is 52.0. The zero-order chi connectivity index (χ0) is 100. The number of rotatable bonds is 14. The van der Waals surface area contributed by atoms with Crippen molar-refractivity contribution in [1.29, 1.82) is 0 Å². The highest BCUT2D eigenvalue weighted by molar-refractivity contribution is 5.78. The molecule has 140 heavy (non-hydrogen) atoms. The summed E-state index contributed by atoms with van der Waals surface area (Å²) in [6.45, 7) is 58.3. The molecule has 778 valence electrons. The van der Waals surface area contributed by atoms with Gasteiger partial charge in [-0.3, -0.25) is 19.2 Å². The molecule has 19 heteroatoms. The van der Waals surface area contributed by atoms with Crippen molar-refractivity contribution >= 4 is 36.4 Å². The number of aliphatic hydroxyl groups excluding tert-OH is 4. The molecule has 5 aliphatic heterocycles. The van der Waals surface area contributed by atoms with E-state index in [1.807, 2.05) is 0 Å². The maximum absolute atomic E-state index is 12.5. The number of nitrogens with zero attached hydrogens (tertiary/aromatic N) is 3. The number of aliphatic hydroxyl groups is 4. The van der Waals surface area contributed by atoms with Crippen molar-refractivity contribution < 1.29 is 72.9 Å². The van der Waals surface area contributed by atoms with Crippen LogP contribution in [0.25, 0.3) is 10.4 Å². The van der Waals surface area contributed by atoms with E-state index in [9.17, 15) is 49.2 Å². The van der Waals surface area contributed by atoms with E-state index in [1.54, 1.807) is 0 Å². The van der Waals surface area contributed by atoms with Gasteiger partial charge in [0.25, 0.3) is 0 Å². The predicted octanol–water partition coefficient (Wildman–Crippen LogP) is 24.6. The molecule has 23 fully saturated rings. The number of fused-ring (bicyclic) bond motifs is 16. The highest BCUT2D eigenvalue weighted by atomic mass is 16.6. The topological polar surface area (TPSA) is 304 Å². The van der Waals surface area contributed by atoms with E-state index in [4.69, 9.17) is 34.9 Å². The molecule has 0 aromatic carbocycles. The molecule has 5 saturated heterocycles. The first-order valence-corrected chi connectivity index (χ1v) is 57.1. The number of carbonyl (C=O) groups is 6. The van der Waals surface area contributed by atoms with Gasteiger partial charge in [-0.1, -0.05) is 174 Å². The Morgan fingerprint density at radius 1 is 0.350 bits per heavy atom. The second-order valence-electron chi connectivity index (χ2n) is 54.6. The molecule has 19 nitrogen and oxygen atoms in total. The van der Waals surface area contributed by atoms with E-state index in [1.165, 1.54) is 110 Å². The van der Waals surface area contributed by atoms with Gasteiger partial charge < -0.3 is 59.4 Å². The number of aldehydes is 2. The monoisotopic (exact) mass is 1930 g/mol. The van der Waals surface area contributed by atoms with Crippen molar-refractivity contribution in [3.05, 3.63) is 83.4 Å². The lowest BCUT2D eigenvalue weighted by Crippen LogP contribution is -2.52. The van der Waals surface area contributed by atoms with Crippen LogP contribution in [0.4, 0.5) is 0 Å². The Hall–Kier alpha value is -5.27. The molecule has 5 heterocycles. The molecule has 10 bridgehead atoms. The lowest BCUT2D eigenvalue weighted by molar-refractivity contribution is -0.149. The van der Waals surface area contributed by atoms with Crippen LogP contribution in [0.5, 0.6) is 0 Å². The average molecular weight is 1930 g/mol. The molecule has 0 aromatic heterocycles. The van der Waals surface area contributed by atoms with Crippen molar-refractivity contribution in [2.24, 2.45) is 218 Å². The number of azide groups is 1. The van der Waals surface area contributed by atoms with Crippen LogP contribution in [-0.4, -0.2) is 126 Å². The van der Waals surface area contributed by atoms with Crippen LogP contribution in [0.3, 0.4) is 0 Å². The summed E-state index contributed by atoms with van der Waals surface area (Å²) in [4.78, 5) is 76.8. The van der Waals surface area contributed by atoms with Crippen LogP contribution in [-0.2, 0) is 52.5 Å². The van der Waals surface area contributed by atoms with Crippen molar-refractivity contribution in [3.8, 4) is 0 Å². The molecule has 0 aromatic rings. The summed E-state index contributed by atoms with van der Waals surface area (Å²) >= 11 is 0. The van der Waals surface area contributed by atoms with E-state index in [0.29, 0.717) is 94.8 Å². The van der Waals surface area contributed by atoms with Crippen LogP contribution in [0, 0.1) is 207 Å². The highest BCUT2D eigenvalue weighted by Crippen LogP contribution is 2.73. The molecule has 6 N–H and O–H groups in total. The first-order chi connectivity index (χ1) is 66.4. The molecule has 23 rings (SSSR count). The molecule has 23 aliphatic rings. The molecular formula is C121H184N4O15. The van der Waals surface area contributed by atoms with E-state index in [0.717, 1.165) is 230 Å². The molecule has 0 radical (unpaired) electrons. The SMILES string of the molecule is C=C1CC[C@H]2[C@H](C=O)[C@@H]([C@@]3(C)CC[C@H]4C[C@@H]3C(=O)O4)CC[C@]12C.C=C1CC[C@H]2[C@H](C=O)[C@@H]([C@@]3(C)CC[C@H]4C[C@@H]3C(O)O4)CC[C@]12C.C=C1CC[C@H]2[C@H](CC)[C@@H]([C@@]3(C)CC[C@H]4C[C@@H]3C(=O)O4)CC[C@]12C.C=C1CC[C@H]2[C@H](CN)[C@@H]([C@@]3(C)CC[C@H](O)C[C@@H]3CO)CC[C@]12C.C=C1CC[C@H]2[C@H](CN=[N+]=[N-])[C@@H]([C@@]3(C)CC[C@H]4C[C@@H]3C(=O)O4)CC[C@]12C.C=C1CC[C@H]2[C@H](CO)[C@@H]([C@@]3(C)CC[C@H]4C[C@@H]3C(=O)O4)CC[C@]12C. The molecule has 18 saturated carbocycles. The predicted molar refractivity (Wildman–Crippen MR) is 546 cm³/mol. The van der Waals surface area contributed by atoms with Crippen LogP contribution in [0.15, 0.2) is 78.0 Å². The summed E-state index contributed by atoms with van der Waals surface area (Å²) in [6, 6.07) is 0. The number of hydrogen-bond acceptors (Lipinski definition) is 17. The highest BCUT2D eigenvalue weighted by Gasteiger charge is 2.68. The van der Waals surface area contributed by atoms with E-state index in [-0.39, 0.29) is 181 Å². The van der Waals surface area contributed by atoms with Gasteiger partial charge in [-0.05, 0) is 447 Å². The third-order valence-corrected chi connectivity index (χ3v) is 50.1. The molecule has 43 atom stereocenters. The van der Waals surface area contributed by atoms with Gasteiger partial charge in [0.05, 0.1) is 35.9 Å². The number of hydrogen-bond donors (Lipinski definition) is 5. The number of ether oxygens (including phenoxy) is 5. The summed E-state index contributed by atoms with van der Waals surface area (Å²) in [5, 5.41) is 44.6. The Balaban J connectivity index is 0.000000111. The second-order valence-corrected chi connectivity index (χ2v) is 54.6. The average Bonchev–Trinajstić information content (AvgIpc) is 1.57. The molecular weight excluding hydrogens is 1750 g/mol. The third-order valence-electron chi connectivity index (χ3n) is 50.1. The lowest BCUT2D eigenvalue weighted by Gasteiger charge is -2.56. The smallest absolute Gasteiger partial charge is 0.309 e. The van der Waals surface area contributed by atoms with Gasteiger partial charge >= 0.3 is 23.9 Å². The first kappa shape index (κ1) is 105. The summed E-state index contributed by atoms with van der Waals surface area (Å²) < 4.78 is 28.0. The zero-order valence-corrected chi connectivity index (χ0v) is 88.7.